The lowest BCUT2D eigenvalue weighted by Gasteiger charge is -2.24. The standard InChI is InChI=1S/C17H29N/c1-5-8-15(4)17(18-6-2)12-11-16-10-7-9-14(3)13-16/h7,9-10,13,15,17-18H,5-6,8,11-12H2,1-4H3. The fourth-order valence-electron chi connectivity index (χ4n) is 2.70. The summed E-state index contributed by atoms with van der Waals surface area (Å²) in [5, 5.41) is 3.65. The summed E-state index contributed by atoms with van der Waals surface area (Å²) < 4.78 is 0. The molecule has 2 atom stereocenters. The van der Waals surface area contributed by atoms with E-state index in [0.29, 0.717) is 6.04 Å². The van der Waals surface area contributed by atoms with E-state index in [9.17, 15) is 0 Å². The quantitative estimate of drug-likeness (QED) is 0.720. The molecule has 0 spiro atoms. The normalized spacial score (nSPS) is 14.4. The minimum absolute atomic E-state index is 0.662. The summed E-state index contributed by atoms with van der Waals surface area (Å²) in [6.45, 7) is 10.1. The maximum absolute atomic E-state index is 3.65. The van der Waals surface area contributed by atoms with Crippen LogP contribution in [0, 0.1) is 12.8 Å². The highest BCUT2D eigenvalue weighted by Crippen LogP contribution is 2.16. The molecule has 0 aliphatic heterocycles. The van der Waals surface area contributed by atoms with E-state index in [4.69, 9.17) is 0 Å². The number of rotatable bonds is 8. The van der Waals surface area contributed by atoms with E-state index in [1.165, 1.54) is 36.8 Å². The Labute approximate surface area is 113 Å². The third-order valence-corrected chi connectivity index (χ3v) is 3.72. The second-order valence-corrected chi connectivity index (χ2v) is 5.46. The minimum Gasteiger partial charge on any atom is -0.314 e. The molecule has 1 rings (SSSR count). The van der Waals surface area contributed by atoms with Gasteiger partial charge in [0, 0.05) is 6.04 Å². The molecule has 0 aliphatic rings. The van der Waals surface area contributed by atoms with Gasteiger partial charge in [-0.2, -0.15) is 0 Å². The molecule has 1 aromatic carbocycles. The Bertz CT molecular complexity index is 332. The van der Waals surface area contributed by atoms with Crippen LogP contribution in [0.25, 0.3) is 0 Å². The van der Waals surface area contributed by atoms with Crippen molar-refractivity contribution in [2.24, 2.45) is 5.92 Å². The zero-order valence-electron chi connectivity index (χ0n) is 12.5. The minimum atomic E-state index is 0.662. The molecule has 102 valence electrons. The van der Waals surface area contributed by atoms with Crippen molar-refractivity contribution in [1.29, 1.82) is 0 Å². The summed E-state index contributed by atoms with van der Waals surface area (Å²) in [5.41, 5.74) is 2.84. The van der Waals surface area contributed by atoms with Crippen molar-refractivity contribution in [3.63, 3.8) is 0 Å². The Kier molecular flexibility index (Phi) is 7.04. The first kappa shape index (κ1) is 15.2. The van der Waals surface area contributed by atoms with Gasteiger partial charge in [-0.1, -0.05) is 57.0 Å². The molecule has 0 heterocycles. The molecule has 1 heteroatoms. The Morgan fingerprint density at radius 2 is 1.94 bits per heavy atom. The first-order valence-corrected chi connectivity index (χ1v) is 7.46. The van der Waals surface area contributed by atoms with Crippen molar-refractivity contribution >= 4 is 0 Å². The van der Waals surface area contributed by atoms with E-state index in [-0.39, 0.29) is 0 Å². The van der Waals surface area contributed by atoms with E-state index < -0.39 is 0 Å². The van der Waals surface area contributed by atoms with Crippen molar-refractivity contribution in [1.82, 2.24) is 5.32 Å². The summed E-state index contributed by atoms with van der Waals surface area (Å²) in [4.78, 5) is 0. The fraction of sp³-hybridized carbons (Fsp3) is 0.647. The van der Waals surface area contributed by atoms with Gasteiger partial charge in [0.15, 0.2) is 0 Å². The number of hydrogen-bond donors (Lipinski definition) is 1. The number of hydrogen-bond acceptors (Lipinski definition) is 1. The van der Waals surface area contributed by atoms with E-state index in [0.717, 1.165) is 12.5 Å². The molecule has 0 aliphatic carbocycles. The molecule has 1 nitrogen and oxygen atoms in total. The van der Waals surface area contributed by atoms with Gasteiger partial charge in [-0.3, -0.25) is 0 Å². The van der Waals surface area contributed by atoms with Crippen LogP contribution in [0.15, 0.2) is 24.3 Å². The predicted octanol–water partition coefficient (Wildman–Crippen LogP) is 4.34. The van der Waals surface area contributed by atoms with Crippen LogP contribution in [0.5, 0.6) is 0 Å². The molecule has 0 saturated carbocycles. The summed E-state index contributed by atoms with van der Waals surface area (Å²) in [5.74, 6) is 0.778. The van der Waals surface area contributed by atoms with Crippen LogP contribution in [-0.4, -0.2) is 12.6 Å². The zero-order valence-corrected chi connectivity index (χ0v) is 12.5. The highest BCUT2D eigenvalue weighted by molar-refractivity contribution is 5.22. The van der Waals surface area contributed by atoms with Crippen LogP contribution in [0.4, 0.5) is 0 Å². The summed E-state index contributed by atoms with van der Waals surface area (Å²) >= 11 is 0. The van der Waals surface area contributed by atoms with Crippen molar-refractivity contribution < 1.29 is 0 Å². The maximum atomic E-state index is 3.65. The van der Waals surface area contributed by atoms with Gasteiger partial charge in [-0.05, 0) is 44.2 Å². The van der Waals surface area contributed by atoms with Crippen LogP contribution in [0.1, 0.15) is 51.2 Å². The van der Waals surface area contributed by atoms with Crippen LogP contribution >= 0.6 is 0 Å². The van der Waals surface area contributed by atoms with E-state index in [1.54, 1.807) is 0 Å². The first-order chi connectivity index (χ1) is 8.67. The van der Waals surface area contributed by atoms with Gasteiger partial charge >= 0.3 is 0 Å². The smallest absolute Gasteiger partial charge is 0.00957 e. The molecular formula is C17H29N. The average molecular weight is 247 g/mol. The lowest BCUT2D eigenvalue weighted by atomic mass is 9.91. The molecule has 2 unspecified atom stereocenters. The van der Waals surface area contributed by atoms with Crippen LogP contribution < -0.4 is 5.32 Å². The topological polar surface area (TPSA) is 12.0 Å². The summed E-state index contributed by atoms with van der Waals surface area (Å²) in [7, 11) is 0. The molecule has 0 radical (unpaired) electrons. The SMILES string of the molecule is CCCC(C)C(CCc1cccc(C)c1)NCC. The molecule has 1 N–H and O–H groups in total. The van der Waals surface area contributed by atoms with Gasteiger partial charge in [-0.15, -0.1) is 0 Å². The number of benzene rings is 1. The van der Waals surface area contributed by atoms with Gasteiger partial charge < -0.3 is 5.32 Å². The third kappa shape index (κ3) is 5.22. The molecule has 0 saturated heterocycles. The van der Waals surface area contributed by atoms with Gasteiger partial charge in [0.25, 0.3) is 0 Å². The lowest BCUT2D eigenvalue weighted by molar-refractivity contribution is 0.342. The molecule has 1 aromatic rings. The maximum Gasteiger partial charge on any atom is 0.00957 e. The lowest BCUT2D eigenvalue weighted by Crippen LogP contribution is -2.35. The highest BCUT2D eigenvalue weighted by Gasteiger charge is 2.15. The van der Waals surface area contributed by atoms with Gasteiger partial charge in [0.2, 0.25) is 0 Å². The highest BCUT2D eigenvalue weighted by atomic mass is 14.9. The van der Waals surface area contributed by atoms with Crippen molar-refractivity contribution in [2.75, 3.05) is 6.54 Å². The average Bonchev–Trinajstić information content (AvgIpc) is 2.35. The first-order valence-electron chi connectivity index (χ1n) is 7.46. The predicted molar refractivity (Wildman–Crippen MR) is 81.0 cm³/mol. The Morgan fingerprint density at radius 3 is 2.56 bits per heavy atom. The van der Waals surface area contributed by atoms with Gasteiger partial charge in [-0.25, -0.2) is 0 Å². The molecule has 0 aromatic heterocycles. The Morgan fingerprint density at radius 1 is 1.17 bits per heavy atom. The zero-order chi connectivity index (χ0) is 13.4. The number of aryl methyl sites for hydroxylation is 2. The number of nitrogens with one attached hydrogen (secondary N) is 1. The molecule has 0 bridgehead atoms. The Balaban J connectivity index is 2.51. The Hall–Kier alpha value is -0.820. The molecular weight excluding hydrogens is 218 g/mol. The second-order valence-electron chi connectivity index (χ2n) is 5.46. The van der Waals surface area contributed by atoms with Gasteiger partial charge in [0.1, 0.15) is 0 Å². The summed E-state index contributed by atoms with van der Waals surface area (Å²) in [6.07, 6.45) is 5.05. The van der Waals surface area contributed by atoms with Crippen molar-refractivity contribution in [3.05, 3.63) is 35.4 Å². The van der Waals surface area contributed by atoms with E-state index >= 15 is 0 Å². The van der Waals surface area contributed by atoms with Crippen molar-refractivity contribution in [3.8, 4) is 0 Å². The second kappa shape index (κ2) is 8.31. The molecule has 18 heavy (non-hydrogen) atoms. The molecule has 0 fully saturated rings. The van der Waals surface area contributed by atoms with Crippen LogP contribution in [-0.2, 0) is 6.42 Å². The molecule has 0 amide bonds. The fourth-order valence-corrected chi connectivity index (χ4v) is 2.70. The van der Waals surface area contributed by atoms with Crippen LogP contribution in [0.3, 0.4) is 0 Å². The monoisotopic (exact) mass is 247 g/mol. The van der Waals surface area contributed by atoms with Gasteiger partial charge in [0.05, 0.1) is 0 Å². The van der Waals surface area contributed by atoms with E-state index in [2.05, 4.69) is 57.3 Å². The van der Waals surface area contributed by atoms with Crippen molar-refractivity contribution in [2.45, 2.75) is 59.4 Å². The summed E-state index contributed by atoms with van der Waals surface area (Å²) in [6, 6.07) is 9.57. The largest absolute Gasteiger partial charge is 0.314 e. The van der Waals surface area contributed by atoms with Crippen LogP contribution in [0.2, 0.25) is 0 Å². The van der Waals surface area contributed by atoms with E-state index in [1.807, 2.05) is 0 Å². The third-order valence-electron chi connectivity index (χ3n) is 3.72.